The standard InChI is InChI=1S/C16H25NO/c1-15(2,3)17-12-16(9-10-16)13-18-11-14-7-5-4-6-8-14/h4-8,17H,9-13H2,1-3H3. The SMILES string of the molecule is CC(C)(C)NCC1(COCc2ccccc2)CC1. The van der Waals surface area contributed by atoms with E-state index in [1.165, 1.54) is 18.4 Å². The van der Waals surface area contributed by atoms with Crippen molar-refractivity contribution in [1.29, 1.82) is 0 Å². The highest BCUT2D eigenvalue weighted by Crippen LogP contribution is 2.45. The Morgan fingerprint density at radius 3 is 2.39 bits per heavy atom. The lowest BCUT2D eigenvalue weighted by Gasteiger charge is -2.25. The fraction of sp³-hybridized carbons (Fsp3) is 0.625. The minimum absolute atomic E-state index is 0.203. The maximum absolute atomic E-state index is 5.87. The van der Waals surface area contributed by atoms with E-state index < -0.39 is 0 Å². The zero-order chi connectivity index (χ0) is 13.1. The van der Waals surface area contributed by atoms with Crippen LogP contribution < -0.4 is 5.32 Å². The van der Waals surface area contributed by atoms with Crippen LogP contribution in [0.1, 0.15) is 39.2 Å². The van der Waals surface area contributed by atoms with Crippen LogP contribution in [0.2, 0.25) is 0 Å². The van der Waals surface area contributed by atoms with E-state index in [0.29, 0.717) is 5.41 Å². The van der Waals surface area contributed by atoms with Gasteiger partial charge in [0.15, 0.2) is 0 Å². The summed E-state index contributed by atoms with van der Waals surface area (Å²) in [6.45, 7) is 9.34. The molecule has 2 nitrogen and oxygen atoms in total. The second-order valence-corrected chi connectivity index (χ2v) is 6.58. The molecule has 100 valence electrons. The Hall–Kier alpha value is -0.860. The number of hydrogen-bond donors (Lipinski definition) is 1. The zero-order valence-corrected chi connectivity index (χ0v) is 11.8. The molecule has 0 atom stereocenters. The molecule has 1 fully saturated rings. The van der Waals surface area contributed by atoms with E-state index in [4.69, 9.17) is 4.74 Å². The molecule has 0 spiro atoms. The summed E-state index contributed by atoms with van der Waals surface area (Å²) in [4.78, 5) is 0. The minimum atomic E-state index is 0.203. The third-order valence-electron chi connectivity index (χ3n) is 3.47. The molecule has 2 rings (SSSR count). The lowest BCUT2D eigenvalue weighted by molar-refractivity contribution is 0.0753. The fourth-order valence-electron chi connectivity index (χ4n) is 1.96. The average Bonchev–Trinajstić information content (AvgIpc) is 3.08. The van der Waals surface area contributed by atoms with Gasteiger partial charge in [-0.05, 0) is 39.2 Å². The van der Waals surface area contributed by atoms with Crippen LogP contribution in [0.15, 0.2) is 30.3 Å². The van der Waals surface area contributed by atoms with Crippen LogP contribution in [-0.2, 0) is 11.3 Å². The van der Waals surface area contributed by atoms with Gasteiger partial charge in [-0.2, -0.15) is 0 Å². The van der Waals surface area contributed by atoms with Crippen LogP contribution in [0.4, 0.5) is 0 Å². The van der Waals surface area contributed by atoms with Crippen LogP contribution in [-0.4, -0.2) is 18.7 Å². The van der Waals surface area contributed by atoms with Gasteiger partial charge < -0.3 is 10.1 Å². The van der Waals surface area contributed by atoms with Gasteiger partial charge in [-0.25, -0.2) is 0 Å². The summed E-state index contributed by atoms with van der Waals surface area (Å²) in [5, 5.41) is 3.59. The highest BCUT2D eigenvalue weighted by molar-refractivity contribution is 5.13. The van der Waals surface area contributed by atoms with E-state index in [2.05, 4.69) is 50.4 Å². The Labute approximate surface area is 111 Å². The van der Waals surface area contributed by atoms with Crippen LogP contribution in [0.25, 0.3) is 0 Å². The maximum atomic E-state index is 5.87. The first kappa shape index (κ1) is 13.6. The monoisotopic (exact) mass is 247 g/mol. The van der Waals surface area contributed by atoms with Crippen molar-refractivity contribution < 1.29 is 4.74 Å². The number of hydrogen-bond acceptors (Lipinski definition) is 2. The molecule has 0 saturated heterocycles. The normalized spacial score (nSPS) is 17.7. The summed E-state index contributed by atoms with van der Waals surface area (Å²) < 4.78 is 5.87. The van der Waals surface area contributed by atoms with Gasteiger partial charge in [0, 0.05) is 17.5 Å². The average molecular weight is 247 g/mol. The Balaban J connectivity index is 1.70. The van der Waals surface area contributed by atoms with Gasteiger partial charge in [0.25, 0.3) is 0 Å². The lowest BCUT2D eigenvalue weighted by atomic mass is 10.0. The van der Waals surface area contributed by atoms with Crippen LogP contribution in [0.3, 0.4) is 0 Å². The minimum Gasteiger partial charge on any atom is -0.376 e. The number of ether oxygens (including phenoxy) is 1. The largest absolute Gasteiger partial charge is 0.376 e. The summed E-state index contributed by atoms with van der Waals surface area (Å²) in [6, 6.07) is 10.4. The molecule has 0 aromatic heterocycles. The van der Waals surface area contributed by atoms with Gasteiger partial charge in [0.2, 0.25) is 0 Å². The van der Waals surface area contributed by atoms with Crippen molar-refractivity contribution in [3.8, 4) is 0 Å². The molecule has 0 bridgehead atoms. The predicted molar refractivity (Wildman–Crippen MR) is 75.5 cm³/mol. The Bertz CT molecular complexity index is 362. The van der Waals surface area contributed by atoms with Crippen molar-refractivity contribution in [2.45, 2.75) is 45.8 Å². The van der Waals surface area contributed by atoms with Gasteiger partial charge in [-0.3, -0.25) is 0 Å². The quantitative estimate of drug-likeness (QED) is 0.832. The summed E-state index contributed by atoms with van der Waals surface area (Å²) in [7, 11) is 0. The molecular formula is C16H25NO. The van der Waals surface area contributed by atoms with E-state index in [-0.39, 0.29) is 5.54 Å². The zero-order valence-electron chi connectivity index (χ0n) is 11.8. The van der Waals surface area contributed by atoms with Crippen molar-refractivity contribution >= 4 is 0 Å². The third kappa shape index (κ3) is 4.43. The maximum Gasteiger partial charge on any atom is 0.0717 e. The van der Waals surface area contributed by atoms with Crippen molar-refractivity contribution in [3.05, 3.63) is 35.9 Å². The number of rotatable bonds is 6. The van der Waals surface area contributed by atoms with E-state index in [0.717, 1.165) is 19.8 Å². The first-order valence-corrected chi connectivity index (χ1v) is 6.86. The second kappa shape index (κ2) is 5.41. The summed E-state index contributed by atoms with van der Waals surface area (Å²) in [5.41, 5.74) is 1.87. The summed E-state index contributed by atoms with van der Waals surface area (Å²) >= 11 is 0. The van der Waals surface area contributed by atoms with Crippen molar-refractivity contribution in [2.75, 3.05) is 13.2 Å². The van der Waals surface area contributed by atoms with Gasteiger partial charge in [0.05, 0.1) is 13.2 Å². The molecule has 1 aromatic rings. The highest BCUT2D eigenvalue weighted by atomic mass is 16.5. The molecule has 1 aromatic carbocycles. The lowest BCUT2D eigenvalue weighted by Crippen LogP contribution is -2.40. The van der Waals surface area contributed by atoms with E-state index in [9.17, 15) is 0 Å². The summed E-state index contributed by atoms with van der Waals surface area (Å²) in [6.07, 6.45) is 2.59. The molecule has 0 amide bonds. The third-order valence-corrected chi connectivity index (χ3v) is 3.47. The van der Waals surface area contributed by atoms with E-state index >= 15 is 0 Å². The van der Waals surface area contributed by atoms with Gasteiger partial charge in [0.1, 0.15) is 0 Å². The smallest absolute Gasteiger partial charge is 0.0717 e. The molecule has 2 heteroatoms. The molecule has 0 unspecified atom stereocenters. The van der Waals surface area contributed by atoms with Crippen molar-refractivity contribution in [1.82, 2.24) is 5.32 Å². The highest BCUT2D eigenvalue weighted by Gasteiger charge is 2.43. The molecule has 1 N–H and O–H groups in total. The van der Waals surface area contributed by atoms with Gasteiger partial charge in [-0.15, -0.1) is 0 Å². The molecule has 18 heavy (non-hydrogen) atoms. The Morgan fingerprint density at radius 1 is 1.17 bits per heavy atom. The number of nitrogens with one attached hydrogen (secondary N) is 1. The molecule has 0 aliphatic heterocycles. The van der Waals surface area contributed by atoms with Crippen LogP contribution >= 0.6 is 0 Å². The fourth-order valence-corrected chi connectivity index (χ4v) is 1.96. The molecule has 0 radical (unpaired) electrons. The Morgan fingerprint density at radius 2 is 1.83 bits per heavy atom. The topological polar surface area (TPSA) is 21.3 Å². The van der Waals surface area contributed by atoms with Crippen LogP contribution in [0, 0.1) is 5.41 Å². The van der Waals surface area contributed by atoms with E-state index in [1.807, 2.05) is 6.07 Å². The van der Waals surface area contributed by atoms with E-state index in [1.54, 1.807) is 0 Å². The molecule has 1 aliphatic carbocycles. The van der Waals surface area contributed by atoms with Crippen molar-refractivity contribution in [3.63, 3.8) is 0 Å². The van der Waals surface area contributed by atoms with Gasteiger partial charge in [-0.1, -0.05) is 30.3 Å². The first-order chi connectivity index (χ1) is 8.49. The second-order valence-electron chi connectivity index (χ2n) is 6.58. The molecule has 0 heterocycles. The van der Waals surface area contributed by atoms with Crippen molar-refractivity contribution in [2.24, 2.45) is 5.41 Å². The van der Waals surface area contributed by atoms with Crippen LogP contribution in [0.5, 0.6) is 0 Å². The number of benzene rings is 1. The molecular weight excluding hydrogens is 222 g/mol. The first-order valence-electron chi connectivity index (χ1n) is 6.86. The molecule has 1 aliphatic rings. The van der Waals surface area contributed by atoms with Gasteiger partial charge >= 0.3 is 0 Å². The Kier molecular flexibility index (Phi) is 4.08. The predicted octanol–water partition coefficient (Wildman–Crippen LogP) is 3.37. The summed E-state index contributed by atoms with van der Waals surface area (Å²) in [5.74, 6) is 0. The molecule has 1 saturated carbocycles.